The van der Waals surface area contributed by atoms with Gasteiger partial charge < -0.3 is 0 Å². The van der Waals surface area contributed by atoms with Crippen LogP contribution >= 0.6 is 0 Å². The van der Waals surface area contributed by atoms with Gasteiger partial charge in [-0.05, 0) is 19.8 Å². The topological polar surface area (TPSA) is 0 Å². The highest BCUT2D eigenvalue weighted by Crippen LogP contribution is 1.99. The van der Waals surface area contributed by atoms with Gasteiger partial charge in [0.1, 0.15) is 0 Å². The van der Waals surface area contributed by atoms with Crippen LogP contribution in [-0.2, 0) is 0 Å². The summed E-state index contributed by atoms with van der Waals surface area (Å²) in [5.41, 5.74) is 1.34. The molecule has 0 saturated carbocycles. The standard InChI is InChI=1S/C9H16/c1-5-9(4)7-6-8(2)3/h5-8H,1-4H3/b7-6+,9-5+. The Morgan fingerprint density at radius 1 is 1.33 bits per heavy atom. The smallest absolute Gasteiger partial charge is 0.0287 e. The van der Waals surface area contributed by atoms with E-state index in [1.54, 1.807) is 0 Å². The van der Waals surface area contributed by atoms with Crippen LogP contribution in [0.3, 0.4) is 0 Å². The van der Waals surface area contributed by atoms with Gasteiger partial charge in [0.25, 0.3) is 0 Å². The van der Waals surface area contributed by atoms with Gasteiger partial charge in [-0.15, -0.1) is 0 Å². The molecule has 0 aromatic rings. The van der Waals surface area contributed by atoms with Gasteiger partial charge in [0, 0.05) is 0 Å². The van der Waals surface area contributed by atoms with Gasteiger partial charge >= 0.3 is 0 Å². The molecule has 0 heterocycles. The minimum absolute atomic E-state index is 0.667. The molecule has 0 unspecified atom stereocenters. The molecule has 0 radical (unpaired) electrons. The van der Waals surface area contributed by atoms with Crippen molar-refractivity contribution in [3.05, 3.63) is 23.8 Å². The second-order valence-corrected chi connectivity index (χ2v) is 2.64. The number of hydrogen-bond acceptors (Lipinski definition) is 0. The van der Waals surface area contributed by atoms with Gasteiger partial charge in [0.05, 0.1) is 0 Å². The van der Waals surface area contributed by atoms with Crippen molar-refractivity contribution >= 4 is 0 Å². The fraction of sp³-hybridized carbons (Fsp3) is 0.556. The minimum Gasteiger partial charge on any atom is -0.0847 e. The summed E-state index contributed by atoms with van der Waals surface area (Å²) in [5.74, 6) is 0.667. The highest BCUT2D eigenvalue weighted by molar-refractivity contribution is 5.14. The predicted molar refractivity (Wildman–Crippen MR) is 43.4 cm³/mol. The lowest BCUT2D eigenvalue weighted by Gasteiger charge is -1.92. The quantitative estimate of drug-likeness (QED) is 0.496. The molecule has 52 valence electrons. The fourth-order valence-electron chi connectivity index (χ4n) is 0.440. The Balaban J connectivity index is 3.71. The van der Waals surface area contributed by atoms with E-state index in [9.17, 15) is 0 Å². The Kier molecular flexibility index (Phi) is 4.12. The molecule has 0 aromatic heterocycles. The van der Waals surface area contributed by atoms with Gasteiger partial charge in [0.2, 0.25) is 0 Å². The van der Waals surface area contributed by atoms with Crippen LogP contribution in [-0.4, -0.2) is 0 Å². The van der Waals surface area contributed by atoms with Crippen molar-refractivity contribution in [2.75, 3.05) is 0 Å². The van der Waals surface area contributed by atoms with Crippen LogP contribution in [0.5, 0.6) is 0 Å². The molecular formula is C9H16. The molecule has 0 amide bonds. The summed E-state index contributed by atoms with van der Waals surface area (Å²) < 4.78 is 0. The molecule has 0 aliphatic heterocycles. The molecule has 0 heteroatoms. The molecule has 0 spiro atoms. The van der Waals surface area contributed by atoms with Gasteiger partial charge in [-0.25, -0.2) is 0 Å². The van der Waals surface area contributed by atoms with E-state index in [-0.39, 0.29) is 0 Å². The lowest BCUT2D eigenvalue weighted by molar-refractivity contribution is 0.831. The lowest BCUT2D eigenvalue weighted by Crippen LogP contribution is -1.76. The number of hydrogen-bond donors (Lipinski definition) is 0. The van der Waals surface area contributed by atoms with Gasteiger partial charge in [-0.1, -0.05) is 37.6 Å². The highest BCUT2D eigenvalue weighted by atomic mass is 13.9. The maximum atomic E-state index is 2.20. The monoisotopic (exact) mass is 124 g/mol. The molecule has 0 bridgehead atoms. The first-order valence-electron chi connectivity index (χ1n) is 3.48. The van der Waals surface area contributed by atoms with Crippen molar-refractivity contribution in [1.82, 2.24) is 0 Å². The van der Waals surface area contributed by atoms with E-state index >= 15 is 0 Å². The normalized spacial score (nSPS) is 13.7. The molecule has 0 aliphatic carbocycles. The zero-order chi connectivity index (χ0) is 7.28. The molecule has 0 atom stereocenters. The fourth-order valence-corrected chi connectivity index (χ4v) is 0.440. The van der Waals surface area contributed by atoms with Gasteiger partial charge in [-0.2, -0.15) is 0 Å². The largest absolute Gasteiger partial charge is 0.0847 e. The van der Waals surface area contributed by atoms with Crippen LogP contribution < -0.4 is 0 Å². The van der Waals surface area contributed by atoms with Crippen LogP contribution in [0.1, 0.15) is 27.7 Å². The third-order valence-corrected chi connectivity index (χ3v) is 1.20. The first-order chi connectivity index (χ1) is 4.16. The lowest BCUT2D eigenvalue weighted by atomic mass is 10.1. The Morgan fingerprint density at radius 3 is 2.22 bits per heavy atom. The van der Waals surface area contributed by atoms with Crippen molar-refractivity contribution in [2.24, 2.45) is 5.92 Å². The number of allylic oxidation sites excluding steroid dienone is 4. The van der Waals surface area contributed by atoms with E-state index in [0.717, 1.165) is 0 Å². The van der Waals surface area contributed by atoms with Crippen LogP contribution in [0.15, 0.2) is 23.8 Å². The molecular weight excluding hydrogens is 108 g/mol. The third-order valence-electron chi connectivity index (χ3n) is 1.20. The summed E-state index contributed by atoms with van der Waals surface area (Å²) in [7, 11) is 0. The molecule has 0 nitrogen and oxygen atoms in total. The zero-order valence-corrected chi connectivity index (χ0v) is 6.81. The van der Waals surface area contributed by atoms with E-state index < -0.39 is 0 Å². The van der Waals surface area contributed by atoms with Crippen molar-refractivity contribution < 1.29 is 0 Å². The predicted octanol–water partition coefficient (Wildman–Crippen LogP) is 3.16. The second-order valence-electron chi connectivity index (χ2n) is 2.64. The highest BCUT2D eigenvalue weighted by Gasteiger charge is 1.82. The van der Waals surface area contributed by atoms with Crippen LogP contribution in [0, 0.1) is 5.92 Å². The van der Waals surface area contributed by atoms with Gasteiger partial charge in [0.15, 0.2) is 0 Å². The number of rotatable bonds is 2. The molecule has 0 saturated heterocycles. The summed E-state index contributed by atoms with van der Waals surface area (Å²) in [5, 5.41) is 0. The first kappa shape index (κ1) is 8.48. The average molecular weight is 124 g/mol. The van der Waals surface area contributed by atoms with Crippen molar-refractivity contribution in [3.8, 4) is 0 Å². The van der Waals surface area contributed by atoms with E-state index in [2.05, 4.69) is 45.9 Å². The van der Waals surface area contributed by atoms with E-state index in [1.165, 1.54) is 5.57 Å². The molecule has 0 N–H and O–H groups in total. The summed E-state index contributed by atoms with van der Waals surface area (Å²) in [6, 6.07) is 0. The van der Waals surface area contributed by atoms with Crippen molar-refractivity contribution in [1.29, 1.82) is 0 Å². The Labute approximate surface area is 58.3 Å². The summed E-state index contributed by atoms with van der Waals surface area (Å²) >= 11 is 0. The van der Waals surface area contributed by atoms with Crippen LogP contribution in [0.25, 0.3) is 0 Å². The molecule has 0 aliphatic rings. The molecule has 9 heavy (non-hydrogen) atoms. The molecule has 0 fully saturated rings. The average Bonchev–Trinajstić information content (AvgIpc) is 1.83. The Morgan fingerprint density at radius 2 is 1.89 bits per heavy atom. The summed E-state index contributed by atoms with van der Waals surface area (Å²) in [4.78, 5) is 0. The minimum atomic E-state index is 0.667. The zero-order valence-electron chi connectivity index (χ0n) is 6.81. The van der Waals surface area contributed by atoms with Crippen molar-refractivity contribution in [2.45, 2.75) is 27.7 Å². The summed E-state index contributed by atoms with van der Waals surface area (Å²) in [6.07, 6.45) is 6.47. The summed E-state index contributed by atoms with van der Waals surface area (Å²) in [6.45, 7) is 8.53. The van der Waals surface area contributed by atoms with E-state index in [0.29, 0.717) is 5.92 Å². The van der Waals surface area contributed by atoms with Crippen LogP contribution in [0.4, 0.5) is 0 Å². The molecule has 0 aromatic carbocycles. The van der Waals surface area contributed by atoms with Gasteiger partial charge in [-0.3, -0.25) is 0 Å². The van der Waals surface area contributed by atoms with Crippen molar-refractivity contribution in [3.63, 3.8) is 0 Å². The maximum absolute atomic E-state index is 2.20. The maximum Gasteiger partial charge on any atom is -0.0287 e. The first-order valence-corrected chi connectivity index (χ1v) is 3.48. The molecule has 0 rings (SSSR count). The van der Waals surface area contributed by atoms with E-state index in [1.807, 2.05) is 0 Å². The Hall–Kier alpha value is -0.520. The SMILES string of the molecule is C/C=C(C)/C=C/C(C)C. The van der Waals surface area contributed by atoms with Crippen LogP contribution in [0.2, 0.25) is 0 Å². The Bertz CT molecular complexity index is 116. The van der Waals surface area contributed by atoms with E-state index in [4.69, 9.17) is 0 Å². The third kappa shape index (κ3) is 5.35. The second kappa shape index (κ2) is 4.37.